The SMILES string of the molecule is CC(C)(C)OC(=O)N[C@@H]1c2cccc(F)c2CC12CCN(c1cnc3c(I)nn(C4CCCCC4)c3n1)CC2. The molecule has 3 heterocycles. The van der Waals surface area contributed by atoms with Crippen LogP contribution in [0.1, 0.15) is 88.9 Å². The van der Waals surface area contributed by atoms with Crippen LogP contribution in [0.4, 0.5) is 15.0 Å². The van der Waals surface area contributed by atoms with Crippen LogP contribution in [-0.4, -0.2) is 44.5 Å². The molecule has 1 N–H and O–H groups in total. The summed E-state index contributed by atoms with van der Waals surface area (Å²) >= 11 is 2.26. The summed E-state index contributed by atoms with van der Waals surface area (Å²) in [5.41, 5.74) is 2.41. The zero-order chi connectivity index (χ0) is 27.4. The van der Waals surface area contributed by atoms with Gasteiger partial charge in [0, 0.05) is 18.5 Å². The summed E-state index contributed by atoms with van der Waals surface area (Å²) in [7, 11) is 0. The molecule has 1 aliphatic heterocycles. The third-order valence-electron chi connectivity index (χ3n) is 8.62. The predicted molar refractivity (Wildman–Crippen MR) is 156 cm³/mol. The summed E-state index contributed by atoms with van der Waals surface area (Å²) in [4.78, 5) is 25.0. The number of aromatic nitrogens is 4. The highest BCUT2D eigenvalue weighted by Crippen LogP contribution is 2.53. The van der Waals surface area contributed by atoms with E-state index in [4.69, 9.17) is 19.8 Å². The second kappa shape index (κ2) is 10.2. The topological polar surface area (TPSA) is 85.2 Å². The van der Waals surface area contributed by atoms with Gasteiger partial charge in [-0.15, -0.1) is 0 Å². The first-order valence-electron chi connectivity index (χ1n) is 14.1. The molecule has 8 nitrogen and oxygen atoms in total. The van der Waals surface area contributed by atoms with Gasteiger partial charge in [0.2, 0.25) is 0 Å². The second-order valence-electron chi connectivity index (χ2n) is 12.3. The molecule has 1 saturated heterocycles. The number of ether oxygens (including phenoxy) is 1. The molecule has 0 radical (unpaired) electrons. The standard InChI is InChI=1S/C29H36FIN6O2/c1-28(2,3)39-27(38)34-24-19-10-7-11-21(30)20(19)16-29(24)12-14-36(15-13-29)22-17-32-23-25(31)35-37(26(23)33-22)18-8-5-4-6-9-18/h7,10-11,17-18,24H,4-6,8-9,12-16H2,1-3H3,(H,34,38)/t24-/m1/s1. The number of halogens is 2. The Morgan fingerprint density at radius 3 is 2.64 bits per heavy atom. The van der Waals surface area contributed by atoms with E-state index in [0.29, 0.717) is 18.0 Å². The number of hydrogen-bond donors (Lipinski definition) is 1. The van der Waals surface area contributed by atoms with Crippen LogP contribution in [0.25, 0.3) is 11.2 Å². The lowest BCUT2D eigenvalue weighted by Crippen LogP contribution is -2.48. The average molecular weight is 647 g/mol. The summed E-state index contributed by atoms with van der Waals surface area (Å²) in [6.45, 7) is 7.04. The maximum absolute atomic E-state index is 14.9. The molecule has 3 aliphatic rings. The van der Waals surface area contributed by atoms with E-state index in [1.807, 2.05) is 33.0 Å². The van der Waals surface area contributed by atoms with Gasteiger partial charge in [0.1, 0.15) is 22.8 Å². The van der Waals surface area contributed by atoms with Crippen molar-refractivity contribution in [1.82, 2.24) is 25.1 Å². The Labute approximate surface area is 242 Å². The molecule has 0 bridgehead atoms. The minimum absolute atomic E-state index is 0.204. The number of anilines is 1. The fraction of sp³-hybridized carbons (Fsp3) is 0.586. The van der Waals surface area contributed by atoms with Gasteiger partial charge in [0.25, 0.3) is 0 Å². The van der Waals surface area contributed by atoms with E-state index < -0.39 is 11.7 Å². The number of carbonyl (C=O) groups excluding carboxylic acids is 1. The van der Waals surface area contributed by atoms with Crippen LogP contribution in [0.5, 0.6) is 0 Å². The molecule has 0 unspecified atom stereocenters. The number of alkyl carbamates (subject to hydrolysis) is 1. The zero-order valence-electron chi connectivity index (χ0n) is 22.8. The highest BCUT2D eigenvalue weighted by atomic mass is 127. The molecule has 1 saturated carbocycles. The van der Waals surface area contributed by atoms with Crippen molar-refractivity contribution < 1.29 is 13.9 Å². The Morgan fingerprint density at radius 2 is 1.92 bits per heavy atom. The molecular weight excluding hydrogens is 610 g/mol. The molecule has 2 fully saturated rings. The van der Waals surface area contributed by atoms with Gasteiger partial charge in [-0.25, -0.2) is 23.8 Å². The van der Waals surface area contributed by atoms with Crippen LogP contribution in [0.3, 0.4) is 0 Å². The normalized spacial score (nSPS) is 21.4. The van der Waals surface area contributed by atoms with Gasteiger partial charge in [-0.1, -0.05) is 31.4 Å². The van der Waals surface area contributed by atoms with Gasteiger partial charge in [0.05, 0.1) is 18.3 Å². The number of nitrogens with one attached hydrogen (secondary N) is 1. The molecule has 1 aromatic carbocycles. The summed E-state index contributed by atoms with van der Waals surface area (Å²) in [5.74, 6) is 0.647. The van der Waals surface area contributed by atoms with Crippen molar-refractivity contribution in [3.63, 3.8) is 0 Å². The predicted octanol–water partition coefficient (Wildman–Crippen LogP) is 6.48. The van der Waals surface area contributed by atoms with Gasteiger partial charge in [0.15, 0.2) is 9.35 Å². The van der Waals surface area contributed by atoms with Gasteiger partial charge < -0.3 is 15.0 Å². The quantitative estimate of drug-likeness (QED) is 0.328. The molecule has 39 heavy (non-hydrogen) atoms. The summed E-state index contributed by atoms with van der Waals surface area (Å²) < 4.78 is 23.5. The van der Waals surface area contributed by atoms with Crippen molar-refractivity contribution in [3.05, 3.63) is 45.0 Å². The number of rotatable bonds is 3. The number of nitrogens with zero attached hydrogens (tertiary/aromatic N) is 5. The molecule has 1 atom stereocenters. The third-order valence-corrected chi connectivity index (χ3v) is 9.35. The van der Waals surface area contributed by atoms with Crippen LogP contribution < -0.4 is 10.2 Å². The van der Waals surface area contributed by atoms with E-state index in [1.165, 1.54) is 25.3 Å². The Hall–Kier alpha value is -2.50. The number of piperidine rings is 1. The number of carbonyl (C=O) groups is 1. The van der Waals surface area contributed by atoms with Crippen LogP contribution in [0, 0.1) is 14.9 Å². The Balaban J connectivity index is 1.25. The van der Waals surface area contributed by atoms with Gasteiger partial charge >= 0.3 is 6.09 Å². The van der Waals surface area contributed by atoms with E-state index >= 15 is 0 Å². The first kappa shape index (κ1) is 26.7. The number of amides is 1. The highest BCUT2D eigenvalue weighted by molar-refractivity contribution is 14.1. The van der Waals surface area contributed by atoms with Crippen LogP contribution in [-0.2, 0) is 11.2 Å². The average Bonchev–Trinajstić information content (AvgIpc) is 3.39. The van der Waals surface area contributed by atoms with Crippen molar-refractivity contribution in [3.8, 4) is 0 Å². The maximum Gasteiger partial charge on any atom is 0.408 e. The number of hydrogen-bond acceptors (Lipinski definition) is 6. The van der Waals surface area contributed by atoms with Crippen LogP contribution in [0.2, 0.25) is 0 Å². The van der Waals surface area contributed by atoms with Gasteiger partial charge in [-0.3, -0.25) is 0 Å². The molecule has 3 aromatic rings. The third kappa shape index (κ3) is 5.09. The Kier molecular flexibility index (Phi) is 6.96. The Bertz CT molecular complexity index is 1390. The number of fused-ring (bicyclic) bond motifs is 2. The first-order valence-corrected chi connectivity index (χ1v) is 15.1. The van der Waals surface area contributed by atoms with Crippen LogP contribution >= 0.6 is 22.6 Å². The fourth-order valence-electron chi connectivity index (χ4n) is 6.72. The van der Waals surface area contributed by atoms with E-state index in [2.05, 4.69) is 37.5 Å². The molecule has 2 aromatic heterocycles. The summed E-state index contributed by atoms with van der Waals surface area (Å²) in [6, 6.07) is 5.26. The van der Waals surface area contributed by atoms with Crippen molar-refractivity contribution in [2.45, 2.75) is 89.8 Å². The first-order chi connectivity index (χ1) is 18.6. The number of benzene rings is 1. The Morgan fingerprint density at radius 1 is 1.18 bits per heavy atom. The molecule has 1 amide bonds. The molecule has 1 spiro atoms. The molecular formula is C29H36FIN6O2. The molecule has 10 heteroatoms. The fourth-order valence-corrected chi connectivity index (χ4v) is 7.33. The van der Waals surface area contributed by atoms with Gasteiger partial charge in [-0.2, -0.15) is 5.10 Å². The lowest BCUT2D eigenvalue weighted by molar-refractivity contribution is 0.0428. The maximum atomic E-state index is 14.9. The minimum Gasteiger partial charge on any atom is -0.444 e. The second-order valence-corrected chi connectivity index (χ2v) is 13.4. The zero-order valence-corrected chi connectivity index (χ0v) is 25.0. The molecule has 2 aliphatic carbocycles. The largest absolute Gasteiger partial charge is 0.444 e. The van der Waals surface area contributed by atoms with Crippen molar-refractivity contribution in [1.29, 1.82) is 0 Å². The molecule has 208 valence electrons. The lowest BCUT2D eigenvalue weighted by Gasteiger charge is -2.43. The van der Waals surface area contributed by atoms with E-state index in [1.54, 1.807) is 6.07 Å². The summed E-state index contributed by atoms with van der Waals surface area (Å²) in [6.07, 6.45) is 9.58. The summed E-state index contributed by atoms with van der Waals surface area (Å²) in [5, 5.41) is 7.94. The van der Waals surface area contributed by atoms with Gasteiger partial charge in [-0.05, 0) is 92.7 Å². The lowest BCUT2D eigenvalue weighted by atomic mass is 9.72. The van der Waals surface area contributed by atoms with E-state index in [9.17, 15) is 9.18 Å². The molecule has 6 rings (SSSR count). The monoisotopic (exact) mass is 646 g/mol. The van der Waals surface area contributed by atoms with E-state index in [0.717, 1.165) is 65.0 Å². The van der Waals surface area contributed by atoms with E-state index in [-0.39, 0.29) is 17.3 Å². The van der Waals surface area contributed by atoms with Crippen molar-refractivity contribution in [2.24, 2.45) is 5.41 Å². The highest BCUT2D eigenvalue weighted by Gasteiger charge is 2.49. The minimum atomic E-state index is -0.608. The van der Waals surface area contributed by atoms with Crippen molar-refractivity contribution >= 4 is 45.7 Å². The van der Waals surface area contributed by atoms with Crippen molar-refractivity contribution in [2.75, 3.05) is 18.0 Å². The van der Waals surface area contributed by atoms with Crippen LogP contribution in [0.15, 0.2) is 24.4 Å². The smallest absolute Gasteiger partial charge is 0.408 e.